The highest BCUT2D eigenvalue weighted by atomic mass is 19.4. The maximum atomic E-state index is 12.5. The minimum atomic E-state index is -4.31. The molecule has 0 unspecified atom stereocenters. The molecule has 2 N–H and O–H groups in total. The lowest BCUT2D eigenvalue weighted by Gasteiger charge is -2.13. The van der Waals surface area contributed by atoms with Crippen molar-refractivity contribution in [3.8, 4) is 11.1 Å². The van der Waals surface area contributed by atoms with Crippen molar-refractivity contribution in [2.45, 2.75) is 25.6 Å². The van der Waals surface area contributed by atoms with Crippen LogP contribution in [0, 0.1) is 0 Å². The van der Waals surface area contributed by atoms with Crippen molar-refractivity contribution in [2.75, 3.05) is 0 Å². The van der Waals surface area contributed by atoms with Crippen molar-refractivity contribution >= 4 is 0 Å². The van der Waals surface area contributed by atoms with Crippen molar-refractivity contribution in [3.63, 3.8) is 0 Å². The van der Waals surface area contributed by atoms with Crippen molar-refractivity contribution in [3.05, 3.63) is 71.8 Å². The molecule has 0 saturated heterocycles. The molecule has 2 rings (SSSR count). The van der Waals surface area contributed by atoms with Crippen LogP contribution >= 0.6 is 0 Å². The van der Waals surface area contributed by atoms with Crippen LogP contribution in [0.25, 0.3) is 11.1 Å². The lowest BCUT2D eigenvalue weighted by molar-refractivity contribution is -0.137. The lowest BCUT2D eigenvalue weighted by atomic mass is 9.97. The summed E-state index contributed by atoms with van der Waals surface area (Å²) in [7, 11) is 0. The van der Waals surface area contributed by atoms with Crippen LogP contribution in [0.2, 0.25) is 0 Å². The Bertz CT molecular complexity index is 640. The summed E-state index contributed by atoms with van der Waals surface area (Å²) in [4.78, 5) is 0. The zero-order chi connectivity index (χ0) is 16.3. The minimum absolute atomic E-state index is 0.112. The van der Waals surface area contributed by atoms with E-state index in [9.17, 15) is 13.2 Å². The molecule has 0 spiro atoms. The first kappa shape index (κ1) is 16.3. The van der Waals surface area contributed by atoms with Gasteiger partial charge in [0.2, 0.25) is 0 Å². The number of nitrogens with two attached hydrogens (primary N) is 1. The van der Waals surface area contributed by atoms with Crippen LogP contribution in [0.1, 0.15) is 30.5 Å². The van der Waals surface area contributed by atoms with Gasteiger partial charge in [-0.15, -0.1) is 6.58 Å². The van der Waals surface area contributed by atoms with E-state index in [4.69, 9.17) is 5.73 Å². The standard InChI is InChI=1S/C18H18F3N/c1-12(2)11-17(22)15-5-3-13(4-6-15)14-7-9-16(10-8-14)18(19,20)21/h3-10,17H,1,11,22H2,2H3/t17-/m0/s1. The first-order valence-electron chi connectivity index (χ1n) is 6.95. The molecule has 2 aromatic rings. The zero-order valence-corrected chi connectivity index (χ0v) is 12.3. The average Bonchev–Trinajstić information content (AvgIpc) is 2.46. The van der Waals surface area contributed by atoms with Gasteiger partial charge in [0.15, 0.2) is 0 Å². The van der Waals surface area contributed by atoms with E-state index in [1.807, 2.05) is 31.2 Å². The van der Waals surface area contributed by atoms with Gasteiger partial charge in [0.05, 0.1) is 5.56 Å². The molecule has 0 fully saturated rings. The van der Waals surface area contributed by atoms with Gasteiger partial charge in [-0.1, -0.05) is 42.0 Å². The molecule has 1 nitrogen and oxygen atoms in total. The fraction of sp³-hybridized carbons (Fsp3) is 0.222. The molecule has 2 aromatic carbocycles. The Labute approximate surface area is 128 Å². The number of hydrogen-bond acceptors (Lipinski definition) is 1. The van der Waals surface area contributed by atoms with E-state index in [1.54, 1.807) is 0 Å². The Kier molecular flexibility index (Phi) is 4.71. The predicted octanol–water partition coefficient (Wildman–Crippen LogP) is 5.34. The van der Waals surface area contributed by atoms with Gasteiger partial charge in [-0.25, -0.2) is 0 Å². The second kappa shape index (κ2) is 6.36. The molecule has 1 atom stereocenters. The van der Waals surface area contributed by atoms with Crippen molar-refractivity contribution in [2.24, 2.45) is 5.73 Å². The highest BCUT2D eigenvalue weighted by molar-refractivity contribution is 5.64. The second-order valence-electron chi connectivity index (χ2n) is 5.46. The molecule has 0 radical (unpaired) electrons. The van der Waals surface area contributed by atoms with Crippen molar-refractivity contribution in [1.29, 1.82) is 0 Å². The third kappa shape index (κ3) is 3.98. The van der Waals surface area contributed by atoms with Crippen LogP contribution in [0.15, 0.2) is 60.7 Å². The Morgan fingerprint density at radius 2 is 1.45 bits per heavy atom. The summed E-state index contributed by atoms with van der Waals surface area (Å²) in [5.41, 5.74) is 9.03. The number of alkyl halides is 3. The monoisotopic (exact) mass is 305 g/mol. The molecule has 0 aromatic heterocycles. The fourth-order valence-electron chi connectivity index (χ4n) is 2.27. The summed E-state index contributed by atoms with van der Waals surface area (Å²) in [6.45, 7) is 5.77. The normalized spacial score (nSPS) is 13.0. The molecule has 0 bridgehead atoms. The molecule has 0 aliphatic carbocycles. The topological polar surface area (TPSA) is 26.0 Å². The minimum Gasteiger partial charge on any atom is -0.324 e. The molecule has 4 heteroatoms. The van der Waals surface area contributed by atoms with Crippen LogP contribution in [0.5, 0.6) is 0 Å². The van der Waals surface area contributed by atoms with Gasteiger partial charge in [-0.05, 0) is 42.2 Å². The summed E-state index contributed by atoms with van der Waals surface area (Å²) in [5, 5.41) is 0. The van der Waals surface area contributed by atoms with Gasteiger partial charge in [0.25, 0.3) is 0 Å². The van der Waals surface area contributed by atoms with E-state index in [-0.39, 0.29) is 6.04 Å². The number of hydrogen-bond donors (Lipinski definition) is 1. The maximum Gasteiger partial charge on any atom is 0.416 e. The van der Waals surface area contributed by atoms with Gasteiger partial charge in [-0.2, -0.15) is 13.2 Å². The van der Waals surface area contributed by atoms with Gasteiger partial charge in [0, 0.05) is 6.04 Å². The van der Waals surface area contributed by atoms with E-state index in [1.165, 1.54) is 12.1 Å². The summed E-state index contributed by atoms with van der Waals surface area (Å²) < 4.78 is 37.6. The van der Waals surface area contributed by atoms with E-state index < -0.39 is 11.7 Å². The van der Waals surface area contributed by atoms with Crippen LogP contribution in [0.4, 0.5) is 13.2 Å². The summed E-state index contributed by atoms with van der Waals surface area (Å²) >= 11 is 0. The first-order valence-corrected chi connectivity index (χ1v) is 6.95. The summed E-state index contributed by atoms with van der Waals surface area (Å²) in [6, 6.07) is 12.6. The van der Waals surface area contributed by atoms with Gasteiger partial charge in [-0.3, -0.25) is 0 Å². The first-order chi connectivity index (χ1) is 10.3. The quantitative estimate of drug-likeness (QED) is 0.758. The van der Waals surface area contributed by atoms with E-state index >= 15 is 0 Å². The molecular formula is C18H18F3N. The van der Waals surface area contributed by atoms with Crippen molar-refractivity contribution in [1.82, 2.24) is 0 Å². The molecule has 0 aliphatic rings. The molecule has 0 saturated carbocycles. The van der Waals surface area contributed by atoms with E-state index in [0.717, 1.165) is 34.4 Å². The average molecular weight is 305 g/mol. The fourth-order valence-corrected chi connectivity index (χ4v) is 2.27. The van der Waals surface area contributed by atoms with E-state index in [2.05, 4.69) is 6.58 Å². The maximum absolute atomic E-state index is 12.5. The van der Waals surface area contributed by atoms with Gasteiger partial charge in [0.1, 0.15) is 0 Å². The third-order valence-corrected chi connectivity index (χ3v) is 3.45. The summed E-state index contributed by atoms with van der Waals surface area (Å²) in [5.74, 6) is 0. The Morgan fingerprint density at radius 1 is 1.00 bits per heavy atom. The van der Waals surface area contributed by atoms with Crippen LogP contribution in [0.3, 0.4) is 0 Å². The van der Waals surface area contributed by atoms with Crippen molar-refractivity contribution < 1.29 is 13.2 Å². The predicted molar refractivity (Wildman–Crippen MR) is 83.2 cm³/mol. The summed E-state index contributed by atoms with van der Waals surface area (Å²) in [6.07, 6.45) is -3.60. The highest BCUT2D eigenvalue weighted by Crippen LogP contribution is 2.31. The smallest absolute Gasteiger partial charge is 0.324 e. The van der Waals surface area contributed by atoms with Gasteiger partial charge >= 0.3 is 6.18 Å². The molecule has 116 valence electrons. The Hall–Kier alpha value is -2.07. The van der Waals surface area contributed by atoms with Gasteiger partial charge < -0.3 is 5.73 Å². The third-order valence-electron chi connectivity index (χ3n) is 3.45. The largest absolute Gasteiger partial charge is 0.416 e. The molecule has 22 heavy (non-hydrogen) atoms. The van der Waals surface area contributed by atoms with E-state index in [0.29, 0.717) is 6.42 Å². The number of halogens is 3. The van der Waals surface area contributed by atoms with Crippen LogP contribution < -0.4 is 5.73 Å². The molecule has 0 heterocycles. The molecular weight excluding hydrogens is 287 g/mol. The Balaban J connectivity index is 2.18. The second-order valence-corrected chi connectivity index (χ2v) is 5.46. The van der Waals surface area contributed by atoms with Crippen LogP contribution in [-0.2, 0) is 6.18 Å². The number of rotatable bonds is 4. The zero-order valence-electron chi connectivity index (χ0n) is 12.3. The lowest BCUT2D eigenvalue weighted by Crippen LogP contribution is -2.10. The Morgan fingerprint density at radius 3 is 1.86 bits per heavy atom. The van der Waals surface area contributed by atoms with Crippen LogP contribution in [-0.4, -0.2) is 0 Å². The molecule has 0 amide bonds. The highest BCUT2D eigenvalue weighted by Gasteiger charge is 2.29. The SMILES string of the molecule is C=C(C)C[C@H](N)c1ccc(-c2ccc(C(F)(F)F)cc2)cc1. The molecule has 0 aliphatic heterocycles. The number of benzene rings is 2.